The summed E-state index contributed by atoms with van der Waals surface area (Å²) in [5.74, 6) is 1.34. The first-order chi connectivity index (χ1) is 14.3. The van der Waals surface area contributed by atoms with E-state index in [0.29, 0.717) is 12.0 Å². The van der Waals surface area contributed by atoms with Gasteiger partial charge < -0.3 is 15.1 Å². The molecule has 0 saturated carbocycles. The van der Waals surface area contributed by atoms with Gasteiger partial charge in [0, 0.05) is 36.2 Å². The smallest absolute Gasteiger partial charge is 0.249 e. The molecule has 0 spiro atoms. The van der Waals surface area contributed by atoms with Crippen LogP contribution in [0.4, 0.5) is 28.8 Å². The maximum absolute atomic E-state index is 4.74. The Hall–Kier alpha value is -3.15. The number of hydrogen-bond donors (Lipinski definition) is 1. The molecule has 2 aliphatic heterocycles. The number of piperidine rings is 1. The molecule has 2 aromatic carbocycles. The van der Waals surface area contributed by atoms with E-state index in [1.807, 2.05) is 0 Å². The van der Waals surface area contributed by atoms with Crippen LogP contribution in [-0.2, 0) is 6.42 Å². The van der Waals surface area contributed by atoms with Crippen LogP contribution in [0.5, 0.6) is 0 Å². The van der Waals surface area contributed by atoms with Gasteiger partial charge in [0.15, 0.2) is 5.82 Å². The zero-order valence-corrected chi connectivity index (χ0v) is 16.8. The highest BCUT2D eigenvalue weighted by atomic mass is 15.3. The first-order valence-electron chi connectivity index (χ1n) is 10.5. The maximum atomic E-state index is 4.74. The number of hydrogen-bond acceptors (Lipinski definition) is 6. The molecule has 1 saturated heterocycles. The van der Waals surface area contributed by atoms with Crippen LogP contribution in [0, 0.1) is 0 Å². The number of nitrogens with zero attached hydrogens (tertiary/aromatic N) is 5. The predicted octanol–water partition coefficient (Wildman–Crippen LogP) is 4.69. The van der Waals surface area contributed by atoms with Crippen molar-refractivity contribution in [3.05, 3.63) is 60.3 Å². The second kappa shape index (κ2) is 7.70. The molecule has 6 nitrogen and oxygen atoms in total. The zero-order chi connectivity index (χ0) is 19.6. The Morgan fingerprint density at radius 1 is 0.966 bits per heavy atom. The van der Waals surface area contributed by atoms with Crippen molar-refractivity contribution in [2.75, 3.05) is 28.2 Å². The van der Waals surface area contributed by atoms with E-state index < -0.39 is 0 Å². The maximum Gasteiger partial charge on any atom is 0.249 e. The van der Waals surface area contributed by atoms with Crippen molar-refractivity contribution in [2.24, 2.45) is 0 Å². The Morgan fingerprint density at radius 2 is 1.76 bits per heavy atom. The fourth-order valence-corrected chi connectivity index (χ4v) is 4.42. The van der Waals surface area contributed by atoms with Gasteiger partial charge in [0.05, 0.1) is 6.20 Å². The normalized spacial score (nSPS) is 18.6. The lowest BCUT2D eigenvalue weighted by Gasteiger charge is -2.28. The summed E-state index contributed by atoms with van der Waals surface area (Å²) in [6.07, 6.45) is 6.66. The summed E-state index contributed by atoms with van der Waals surface area (Å²) in [6.45, 7) is 4.52. The quantitative estimate of drug-likeness (QED) is 0.702. The van der Waals surface area contributed by atoms with Gasteiger partial charge in [-0.3, -0.25) is 0 Å². The standard InChI is InChI=1S/C23H26N6/c1-17-15-18-7-3-4-8-21(18)29(17)22-16-24-27-23(26-22)25-19-9-11-20(12-10-19)28-13-5-2-6-14-28/h3-4,7-12,16-17H,2,5-6,13-15H2,1H3,(H,25,26,27). The number of nitrogens with one attached hydrogen (secondary N) is 1. The van der Waals surface area contributed by atoms with Gasteiger partial charge in [-0.05, 0) is 68.5 Å². The van der Waals surface area contributed by atoms with Gasteiger partial charge in [0.2, 0.25) is 5.95 Å². The number of fused-ring (bicyclic) bond motifs is 1. The van der Waals surface area contributed by atoms with E-state index in [2.05, 4.69) is 80.8 Å². The summed E-state index contributed by atoms with van der Waals surface area (Å²) < 4.78 is 0. The highest BCUT2D eigenvalue weighted by molar-refractivity contribution is 5.69. The Morgan fingerprint density at radius 3 is 2.59 bits per heavy atom. The van der Waals surface area contributed by atoms with Crippen LogP contribution >= 0.6 is 0 Å². The molecule has 1 atom stereocenters. The summed E-state index contributed by atoms with van der Waals surface area (Å²) in [4.78, 5) is 9.44. The van der Waals surface area contributed by atoms with Crippen LogP contribution in [0.15, 0.2) is 54.7 Å². The molecule has 2 aliphatic rings. The molecule has 148 valence electrons. The molecule has 1 unspecified atom stereocenters. The molecular weight excluding hydrogens is 360 g/mol. The van der Waals surface area contributed by atoms with Gasteiger partial charge in [-0.1, -0.05) is 18.2 Å². The van der Waals surface area contributed by atoms with Crippen LogP contribution in [0.25, 0.3) is 0 Å². The van der Waals surface area contributed by atoms with E-state index in [9.17, 15) is 0 Å². The summed E-state index contributed by atoms with van der Waals surface area (Å²) in [5, 5.41) is 11.7. The van der Waals surface area contributed by atoms with Crippen molar-refractivity contribution in [1.29, 1.82) is 0 Å². The van der Waals surface area contributed by atoms with Gasteiger partial charge in [0.1, 0.15) is 0 Å². The van der Waals surface area contributed by atoms with Crippen molar-refractivity contribution in [3.8, 4) is 0 Å². The SMILES string of the molecule is CC1Cc2ccccc2N1c1cnnc(Nc2ccc(N3CCCCC3)cc2)n1. The molecule has 3 heterocycles. The molecule has 0 amide bonds. The number of benzene rings is 2. The van der Waals surface area contributed by atoms with Crippen LogP contribution in [-0.4, -0.2) is 34.3 Å². The summed E-state index contributed by atoms with van der Waals surface area (Å²) in [6, 6.07) is 17.4. The number of para-hydroxylation sites is 1. The van der Waals surface area contributed by atoms with Gasteiger partial charge in [-0.25, -0.2) is 0 Å². The van der Waals surface area contributed by atoms with Gasteiger partial charge >= 0.3 is 0 Å². The van der Waals surface area contributed by atoms with E-state index in [1.54, 1.807) is 6.20 Å². The Kier molecular flexibility index (Phi) is 4.76. The first kappa shape index (κ1) is 17.9. The minimum Gasteiger partial charge on any atom is -0.372 e. The fraction of sp³-hybridized carbons (Fsp3) is 0.348. The minimum atomic E-state index is 0.348. The highest BCUT2D eigenvalue weighted by Gasteiger charge is 2.28. The number of rotatable bonds is 4. The third-order valence-electron chi connectivity index (χ3n) is 5.84. The van der Waals surface area contributed by atoms with E-state index in [-0.39, 0.29) is 0 Å². The molecule has 1 N–H and O–H groups in total. The van der Waals surface area contributed by atoms with Crippen molar-refractivity contribution in [2.45, 2.75) is 38.6 Å². The fourth-order valence-electron chi connectivity index (χ4n) is 4.42. The Balaban J connectivity index is 1.34. The molecule has 6 heteroatoms. The first-order valence-corrected chi connectivity index (χ1v) is 10.5. The molecule has 3 aromatic rings. The predicted molar refractivity (Wildman–Crippen MR) is 117 cm³/mol. The summed E-state index contributed by atoms with van der Waals surface area (Å²) in [7, 11) is 0. The number of anilines is 5. The van der Waals surface area contributed by atoms with E-state index in [0.717, 1.165) is 31.0 Å². The van der Waals surface area contributed by atoms with Crippen LogP contribution in [0.1, 0.15) is 31.7 Å². The second-order valence-electron chi connectivity index (χ2n) is 7.91. The van der Waals surface area contributed by atoms with Crippen molar-refractivity contribution >= 4 is 28.8 Å². The average Bonchev–Trinajstić information content (AvgIpc) is 3.11. The third-order valence-corrected chi connectivity index (χ3v) is 5.84. The summed E-state index contributed by atoms with van der Waals surface area (Å²) in [5.41, 5.74) is 4.81. The van der Waals surface area contributed by atoms with Gasteiger partial charge in [-0.2, -0.15) is 10.1 Å². The van der Waals surface area contributed by atoms with E-state index >= 15 is 0 Å². The zero-order valence-electron chi connectivity index (χ0n) is 16.8. The minimum absolute atomic E-state index is 0.348. The lowest BCUT2D eigenvalue weighted by atomic mass is 10.1. The molecule has 1 fully saturated rings. The van der Waals surface area contributed by atoms with Crippen molar-refractivity contribution in [3.63, 3.8) is 0 Å². The van der Waals surface area contributed by atoms with Crippen LogP contribution < -0.4 is 15.1 Å². The average molecular weight is 387 g/mol. The monoisotopic (exact) mass is 386 g/mol. The molecule has 0 aliphatic carbocycles. The molecule has 0 radical (unpaired) electrons. The lowest BCUT2D eigenvalue weighted by Crippen LogP contribution is -2.29. The van der Waals surface area contributed by atoms with Crippen molar-refractivity contribution < 1.29 is 0 Å². The van der Waals surface area contributed by atoms with Crippen molar-refractivity contribution in [1.82, 2.24) is 15.2 Å². The molecular formula is C23H26N6. The second-order valence-corrected chi connectivity index (χ2v) is 7.91. The van der Waals surface area contributed by atoms with Gasteiger partial charge in [-0.15, -0.1) is 5.10 Å². The third kappa shape index (κ3) is 3.62. The Bertz CT molecular complexity index is 981. The number of aromatic nitrogens is 3. The van der Waals surface area contributed by atoms with Crippen LogP contribution in [0.3, 0.4) is 0 Å². The van der Waals surface area contributed by atoms with E-state index in [1.165, 1.54) is 36.2 Å². The molecule has 0 bridgehead atoms. The van der Waals surface area contributed by atoms with E-state index in [4.69, 9.17) is 4.98 Å². The lowest BCUT2D eigenvalue weighted by molar-refractivity contribution is 0.578. The highest BCUT2D eigenvalue weighted by Crippen LogP contribution is 2.37. The largest absolute Gasteiger partial charge is 0.372 e. The summed E-state index contributed by atoms with van der Waals surface area (Å²) >= 11 is 0. The molecule has 1 aromatic heterocycles. The topological polar surface area (TPSA) is 57.2 Å². The Labute approximate surface area is 171 Å². The molecule has 5 rings (SSSR count). The van der Waals surface area contributed by atoms with Gasteiger partial charge in [0.25, 0.3) is 0 Å². The molecule has 29 heavy (non-hydrogen) atoms. The van der Waals surface area contributed by atoms with Crippen LogP contribution in [0.2, 0.25) is 0 Å².